The van der Waals surface area contributed by atoms with E-state index in [0.29, 0.717) is 19.3 Å². The monoisotopic (exact) mass is 127 g/mol. The fourth-order valence-corrected chi connectivity index (χ4v) is 0.483. The van der Waals surface area contributed by atoms with Crippen LogP contribution >= 0.6 is 0 Å². The number of hydrogen-bond acceptors (Lipinski definition) is 2. The maximum Gasteiger partial charge on any atom is 0.238 e. The van der Waals surface area contributed by atoms with E-state index in [-0.39, 0.29) is 6.42 Å². The molecule has 9 heavy (non-hydrogen) atoms. The highest BCUT2D eigenvalue weighted by molar-refractivity contribution is 5.72. The Morgan fingerprint density at radius 1 is 1.44 bits per heavy atom. The van der Waals surface area contributed by atoms with Crippen molar-refractivity contribution in [2.24, 2.45) is 0 Å². The Kier molecular flexibility index (Phi) is 4.78. The van der Waals surface area contributed by atoms with Gasteiger partial charge in [0.15, 0.2) is 6.29 Å². The van der Waals surface area contributed by atoms with Crippen LogP contribution in [-0.2, 0) is 9.59 Å². The van der Waals surface area contributed by atoms with E-state index in [1.165, 1.54) is 0 Å². The maximum absolute atomic E-state index is 9.98. The third-order valence-electron chi connectivity index (χ3n) is 0.933. The third kappa shape index (κ3) is 7.14. The first-order valence-corrected chi connectivity index (χ1v) is 2.87. The smallest absolute Gasteiger partial charge is 0.238 e. The van der Waals surface area contributed by atoms with E-state index in [9.17, 15) is 9.59 Å². The predicted octanol–water partition coefficient (Wildman–Crippen LogP) is 0.466. The van der Waals surface area contributed by atoms with Crippen molar-refractivity contribution in [3.05, 3.63) is 0 Å². The van der Waals surface area contributed by atoms with Crippen molar-refractivity contribution in [1.29, 1.82) is 0 Å². The summed E-state index contributed by atoms with van der Waals surface area (Å²) in [5.41, 5.74) is 6.48. The molecule has 0 fully saturated rings. The standard InChI is InChI=1S/C6H9NO2/c7-6(9)4-2-1-3-5-8/h7H,1-4H2. The molecule has 2 radical (unpaired) electrons. The van der Waals surface area contributed by atoms with Gasteiger partial charge in [-0.1, -0.05) is 0 Å². The summed E-state index contributed by atoms with van der Waals surface area (Å²) in [6, 6.07) is 0. The van der Waals surface area contributed by atoms with Crippen molar-refractivity contribution in [2.45, 2.75) is 25.7 Å². The van der Waals surface area contributed by atoms with Gasteiger partial charge in [-0.3, -0.25) is 15.3 Å². The van der Waals surface area contributed by atoms with Gasteiger partial charge in [-0.15, -0.1) is 0 Å². The second kappa shape index (κ2) is 5.28. The fraction of sp³-hybridized carbons (Fsp3) is 0.667. The van der Waals surface area contributed by atoms with Gasteiger partial charge in [0.1, 0.15) is 0 Å². The Balaban J connectivity index is 2.91. The van der Waals surface area contributed by atoms with Crippen molar-refractivity contribution in [3.63, 3.8) is 0 Å². The second-order valence-corrected chi connectivity index (χ2v) is 1.77. The van der Waals surface area contributed by atoms with Crippen LogP contribution in [0.2, 0.25) is 0 Å². The molecule has 1 N–H and O–H groups in total. The normalized spacial score (nSPS) is 8.89. The third-order valence-corrected chi connectivity index (χ3v) is 0.933. The molecule has 0 aromatic carbocycles. The van der Waals surface area contributed by atoms with Gasteiger partial charge in [0.25, 0.3) is 0 Å². The van der Waals surface area contributed by atoms with Gasteiger partial charge >= 0.3 is 0 Å². The zero-order valence-corrected chi connectivity index (χ0v) is 5.14. The molecule has 3 nitrogen and oxygen atoms in total. The summed E-state index contributed by atoms with van der Waals surface area (Å²) in [6.45, 7) is 0. The molecule has 0 rings (SSSR count). The predicted molar refractivity (Wildman–Crippen MR) is 32.3 cm³/mol. The number of rotatable bonds is 5. The number of carbonyl (C=O) groups excluding carboxylic acids is 2. The number of nitrogens with one attached hydrogen (secondary N) is 1. The molecule has 1 amide bonds. The van der Waals surface area contributed by atoms with Crippen molar-refractivity contribution < 1.29 is 9.59 Å². The first-order valence-electron chi connectivity index (χ1n) is 2.87. The highest BCUT2D eigenvalue weighted by atomic mass is 16.1. The van der Waals surface area contributed by atoms with Crippen LogP contribution in [0.15, 0.2) is 0 Å². The summed E-state index contributed by atoms with van der Waals surface area (Å²) in [7, 11) is 0. The molecule has 0 aliphatic rings. The molecular weight excluding hydrogens is 118 g/mol. The van der Waals surface area contributed by atoms with E-state index in [2.05, 4.69) is 0 Å². The Labute approximate surface area is 54.2 Å². The Bertz CT molecular complexity index is 101. The van der Waals surface area contributed by atoms with Gasteiger partial charge in [-0.05, 0) is 12.8 Å². The lowest BCUT2D eigenvalue weighted by molar-refractivity contribution is -0.118. The van der Waals surface area contributed by atoms with E-state index in [0.717, 1.165) is 0 Å². The molecule has 0 heterocycles. The summed E-state index contributed by atoms with van der Waals surface area (Å²) >= 11 is 0. The van der Waals surface area contributed by atoms with Crippen molar-refractivity contribution in [3.8, 4) is 0 Å². The second-order valence-electron chi connectivity index (χ2n) is 1.77. The minimum atomic E-state index is -0.555. The fourth-order valence-electron chi connectivity index (χ4n) is 0.483. The number of unbranched alkanes of at least 4 members (excludes halogenated alkanes) is 2. The SMILES string of the molecule is [NH]C(=O)CCCC[C]=O. The zero-order valence-electron chi connectivity index (χ0n) is 5.14. The molecule has 0 spiro atoms. The highest BCUT2D eigenvalue weighted by Gasteiger charge is 1.93. The molecule has 0 aromatic rings. The van der Waals surface area contributed by atoms with Crippen molar-refractivity contribution >= 4 is 12.2 Å². The Morgan fingerprint density at radius 3 is 2.56 bits per heavy atom. The maximum atomic E-state index is 9.98. The van der Waals surface area contributed by atoms with Crippen molar-refractivity contribution in [1.82, 2.24) is 5.73 Å². The van der Waals surface area contributed by atoms with E-state index in [1.54, 1.807) is 6.29 Å². The molecule has 0 aliphatic heterocycles. The Hall–Kier alpha value is -0.860. The van der Waals surface area contributed by atoms with Gasteiger partial charge in [-0.2, -0.15) is 0 Å². The number of carbonyl (C=O) groups is 1. The van der Waals surface area contributed by atoms with Crippen LogP contribution in [0.1, 0.15) is 25.7 Å². The van der Waals surface area contributed by atoms with Gasteiger partial charge in [-0.25, -0.2) is 0 Å². The van der Waals surface area contributed by atoms with Gasteiger partial charge < -0.3 is 0 Å². The lowest BCUT2D eigenvalue weighted by atomic mass is 10.2. The van der Waals surface area contributed by atoms with Crippen LogP contribution in [0, 0.1) is 0 Å². The lowest BCUT2D eigenvalue weighted by Crippen LogP contribution is -1.96. The highest BCUT2D eigenvalue weighted by Crippen LogP contribution is 1.96. The van der Waals surface area contributed by atoms with Crippen LogP contribution in [0.3, 0.4) is 0 Å². The van der Waals surface area contributed by atoms with Crippen LogP contribution in [0.5, 0.6) is 0 Å². The molecule has 3 heteroatoms. The molecule has 0 aliphatic carbocycles. The molecule has 0 bridgehead atoms. The minimum Gasteiger partial charge on any atom is -0.291 e. The molecule has 0 aromatic heterocycles. The van der Waals surface area contributed by atoms with E-state index >= 15 is 0 Å². The lowest BCUT2D eigenvalue weighted by Gasteiger charge is -1.89. The van der Waals surface area contributed by atoms with E-state index < -0.39 is 5.91 Å². The van der Waals surface area contributed by atoms with Crippen LogP contribution in [0.25, 0.3) is 0 Å². The quantitative estimate of drug-likeness (QED) is 0.504. The molecular formula is C6H9NO2. The summed E-state index contributed by atoms with van der Waals surface area (Å²) < 4.78 is 0. The summed E-state index contributed by atoms with van der Waals surface area (Å²) in [5, 5.41) is 0. The Morgan fingerprint density at radius 2 is 2.11 bits per heavy atom. The minimum absolute atomic E-state index is 0.266. The molecule has 0 saturated carbocycles. The number of hydrogen-bond donors (Lipinski definition) is 0. The van der Waals surface area contributed by atoms with Gasteiger partial charge in [0.05, 0.1) is 0 Å². The average Bonchev–Trinajstić information content (AvgIpc) is 1.80. The van der Waals surface area contributed by atoms with Crippen LogP contribution in [0.4, 0.5) is 0 Å². The molecule has 0 unspecified atom stereocenters. The number of amides is 1. The largest absolute Gasteiger partial charge is 0.291 e. The molecule has 50 valence electrons. The summed E-state index contributed by atoms with van der Waals surface area (Å²) in [4.78, 5) is 19.6. The van der Waals surface area contributed by atoms with Crippen molar-refractivity contribution in [2.75, 3.05) is 0 Å². The van der Waals surface area contributed by atoms with Gasteiger partial charge in [0, 0.05) is 12.8 Å². The first kappa shape index (κ1) is 8.14. The van der Waals surface area contributed by atoms with E-state index in [1.807, 2.05) is 0 Å². The van der Waals surface area contributed by atoms with E-state index in [4.69, 9.17) is 5.73 Å². The summed E-state index contributed by atoms with van der Waals surface area (Å²) in [6.07, 6.45) is 3.68. The molecule has 0 atom stereocenters. The van der Waals surface area contributed by atoms with Crippen LogP contribution < -0.4 is 5.73 Å². The molecule has 0 saturated heterocycles. The topological polar surface area (TPSA) is 57.9 Å². The summed E-state index contributed by atoms with van der Waals surface area (Å²) in [5.74, 6) is -0.555. The van der Waals surface area contributed by atoms with Crippen LogP contribution in [-0.4, -0.2) is 12.2 Å². The first-order chi connectivity index (χ1) is 4.27. The average molecular weight is 127 g/mol. The van der Waals surface area contributed by atoms with Gasteiger partial charge in [0.2, 0.25) is 5.91 Å². The zero-order chi connectivity index (χ0) is 7.11.